The Balaban J connectivity index is 1.46. The van der Waals surface area contributed by atoms with Crippen molar-refractivity contribution in [1.29, 1.82) is 0 Å². The van der Waals surface area contributed by atoms with Crippen molar-refractivity contribution >= 4 is 39.9 Å². The number of furan rings is 1. The molecule has 3 heterocycles. The van der Waals surface area contributed by atoms with Gasteiger partial charge in [-0.2, -0.15) is 0 Å². The topological polar surface area (TPSA) is 84.8 Å². The van der Waals surface area contributed by atoms with Gasteiger partial charge in [-0.25, -0.2) is 13.8 Å². The number of nitrogens with zero attached hydrogens (tertiary/aromatic N) is 3. The van der Waals surface area contributed by atoms with Gasteiger partial charge in [-0.1, -0.05) is 17.7 Å². The average Bonchev–Trinajstić information content (AvgIpc) is 3.29. The summed E-state index contributed by atoms with van der Waals surface area (Å²) in [5.41, 5.74) is 8.40. The summed E-state index contributed by atoms with van der Waals surface area (Å²) in [7, 11) is 3.99. The molecule has 1 amide bonds. The first-order valence-electron chi connectivity index (χ1n) is 11.8. The van der Waals surface area contributed by atoms with E-state index in [1.165, 1.54) is 0 Å². The predicted molar refractivity (Wildman–Crippen MR) is 136 cm³/mol. The van der Waals surface area contributed by atoms with Gasteiger partial charge in [0, 0.05) is 43.3 Å². The fraction of sp³-hybridized carbons (Fsp3) is 0.385. The van der Waals surface area contributed by atoms with Gasteiger partial charge < -0.3 is 24.7 Å². The lowest BCUT2D eigenvalue weighted by molar-refractivity contribution is -0.130. The highest BCUT2D eigenvalue weighted by Gasteiger charge is 2.22. The molecule has 2 aromatic heterocycles. The fourth-order valence-electron chi connectivity index (χ4n) is 4.27. The first-order chi connectivity index (χ1) is 17.3. The number of benzene rings is 1. The molecular formula is C26H29ClF2N4O3. The van der Waals surface area contributed by atoms with E-state index in [-0.39, 0.29) is 41.1 Å². The van der Waals surface area contributed by atoms with Crippen molar-refractivity contribution < 1.29 is 22.7 Å². The van der Waals surface area contributed by atoms with Crippen molar-refractivity contribution in [3.05, 3.63) is 58.5 Å². The molecule has 4 rings (SSSR count). The molecule has 0 fully saturated rings. The summed E-state index contributed by atoms with van der Waals surface area (Å²) < 4.78 is 39.4. The average molecular weight is 519 g/mol. The minimum Gasteiger partial charge on any atom is -0.486 e. The summed E-state index contributed by atoms with van der Waals surface area (Å²) in [6, 6.07) is 2.01. The zero-order valence-corrected chi connectivity index (χ0v) is 21.1. The van der Waals surface area contributed by atoms with Crippen LogP contribution in [0.3, 0.4) is 0 Å². The molecular weight excluding hydrogens is 490 g/mol. The van der Waals surface area contributed by atoms with E-state index >= 15 is 0 Å². The molecule has 0 saturated carbocycles. The Kier molecular flexibility index (Phi) is 8.11. The maximum Gasteiger partial charge on any atom is 0.222 e. The molecule has 192 valence electrons. The van der Waals surface area contributed by atoms with Gasteiger partial charge in [0.25, 0.3) is 0 Å². The van der Waals surface area contributed by atoms with Gasteiger partial charge in [0.05, 0.1) is 23.3 Å². The third kappa shape index (κ3) is 5.63. The number of nitrogen functional groups attached to an aromatic ring is 1. The number of halogens is 3. The number of nitrogens with two attached hydrogens (primary N) is 1. The minimum atomic E-state index is -0.693. The molecule has 0 saturated heterocycles. The van der Waals surface area contributed by atoms with Crippen LogP contribution in [0, 0.1) is 11.6 Å². The summed E-state index contributed by atoms with van der Waals surface area (Å²) in [6.45, 7) is 2.04. The number of aromatic nitrogens is 1. The van der Waals surface area contributed by atoms with Gasteiger partial charge >= 0.3 is 0 Å². The van der Waals surface area contributed by atoms with Crippen LogP contribution in [0.1, 0.15) is 30.4 Å². The van der Waals surface area contributed by atoms with Gasteiger partial charge in [0.1, 0.15) is 11.6 Å². The molecule has 1 aliphatic heterocycles. The SMILES string of the molecule is CN(C)CCCC(=O)N1CC=C(c2coc3c(OCCc4c(F)ccc(F)c4Cl)c(N)ncc23)CC1. The van der Waals surface area contributed by atoms with Crippen molar-refractivity contribution in [3.8, 4) is 5.75 Å². The van der Waals surface area contributed by atoms with E-state index < -0.39 is 11.6 Å². The number of anilines is 1. The van der Waals surface area contributed by atoms with Crippen LogP contribution in [0.15, 0.2) is 35.1 Å². The Morgan fingerprint density at radius 2 is 2.08 bits per heavy atom. The van der Waals surface area contributed by atoms with Crippen LogP contribution in [0.4, 0.5) is 14.6 Å². The Morgan fingerprint density at radius 3 is 2.81 bits per heavy atom. The third-order valence-corrected chi connectivity index (χ3v) is 6.65. The molecule has 1 aliphatic rings. The van der Waals surface area contributed by atoms with Gasteiger partial charge in [-0.3, -0.25) is 4.79 Å². The molecule has 0 radical (unpaired) electrons. The van der Waals surface area contributed by atoms with E-state index in [4.69, 9.17) is 26.5 Å². The molecule has 0 atom stereocenters. The van der Waals surface area contributed by atoms with Crippen LogP contribution in [0.2, 0.25) is 5.02 Å². The quantitative estimate of drug-likeness (QED) is 0.405. The molecule has 7 nitrogen and oxygen atoms in total. The first kappa shape index (κ1) is 25.9. The van der Waals surface area contributed by atoms with Crippen LogP contribution in [-0.2, 0) is 11.2 Å². The minimum absolute atomic E-state index is 0.00525. The number of amides is 1. The van der Waals surface area contributed by atoms with Crippen molar-refractivity contribution in [1.82, 2.24) is 14.8 Å². The van der Waals surface area contributed by atoms with E-state index in [1.807, 2.05) is 25.1 Å². The van der Waals surface area contributed by atoms with Crippen molar-refractivity contribution in [2.75, 3.05) is 46.1 Å². The largest absolute Gasteiger partial charge is 0.486 e. The Bertz CT molecular complexity index is 1290. The summed E-state index contributed by atoms with van der Waals surface area (Å²) in [5.74, 6) is -0.781. The lowest BCUT2D eigenvalue weighted by Crippen LogP contribution is -2.34. The Morgan fingerprint density at radius 1 is 1.31 bits per heavy atom. The number of carbonyl (C=O) groups is 1. The summed E-state index contributed by atoms with van der Waals surface area (Å²) >= 11 is 5.90. The first-order valence-corrected chi connectivity index (χ1v) is 12.2. The Hall–Kier alpha value is -3.17. The van der Waals surface area contributed by atoms with Crippen LogP contribution in [-0.4, -0.2) is 61.0 Å². The third-order valence-electron chi connectivity index (χ3n) is 6.24. The van der Waals surface area contributed by atoms with E-state index in [0.717, 1.165) is 41.6 Å². The summed E-state index contributed by atoms with van der Waals surface area (Å²) in [6.07, 6.45) is 7.37. The second kappa shape index (κ2) is 11.3. The molecule has 1 aromatic carbocycles. The van der Waals surface area contributed by atoms with Crippen LogP contribution in [0.5, 0.6) is 5.75 Å². The highest BCUT2D eigenvalue weighted by atomic mass is 35.5. The van der Waals surface area contributed by atoms with E-state index in [0.29, 0.717) is 31.5 Å². The molecule has 0 aliphatic carbocycles. The molecule has 0 bridgehead atoms. The van der Waals surface area contributed by atoms with Crippen LogP contribution < -0.4 is 10.5 Å². The van der Waals surface area contributed by atoms with E-state index in [1.54, 1.807) is 12.5 Å². The number of carbonyl (C=O) groups excluding carboxylic acids is 1. The number of hydrogen-bond donors (Lipinski definition) is 1. The normalized spacial score (nSPS) is 13.9. The highest BCUT2D eigenvalue weighted by Crippen LogP contribution is 2.37. The number of fused-ring (bicyclic) bond motifs is 1. The molecule has 36 heavy (non-hydrogen) atoms. The molecule has 3 aromatic rings. The van der Waals surface area contributed by atoms with Gasteiger partial charge in [0.15, 0.2) is 11.4 Å². The summed E-state index contributed by atoms with van der Waals surface area (Å²) in [5, 5.41) is 0.462. The van der Waals surface area contributed by atoms with Gasteiger partial charge in [-0.15, -0.1) is 0 Å². The number of rotatable bonds is 9. The summed E-state index contributed by atoms with van der Waals surface area (Å²) in [4.78, 5) is 20.7. The Labute approximate surface area is 213 Å². The predicted octanol–water partition coefficient (Wildman–Crippen LogP) is 4.92. The number of hydrogen-bond acceptors (Lipinski definition) is 6. The van der Waals surface area contributed by atoms with Crippen molar-refractivity contribution in [3.63, 3.8) is 0 Å². The molecule has 10 heteroatoms. The second-order valence-corrected chi connectivity index (χ2v) is 9.39. The van der Waals surface area contributed by atoms with Crippen LogP contribution in [0.25, 0.3) is 16.5 Å². The fourth-order valence-corrected chi connectivity index (χ4v) is 4.51. The van der Waals surface area contributed by atoms with Crippen molar-refractivity contribution in [2.24, 2.45) is 0 Å². The van der Waals surface area contributed by atoms with Crippen molar-refractivity contribution in [2.45, 2.75) is 25.7 Å². The standard InChI is InChI=1S/C26H29ClF2N4O3/c1-32(2)10-3-4-22(34)33-11-7-16(8-12-33)19-15-36-24-18(19)14-31-26(30)25(24)35-13-9-17-20(28)5-6-21(29)23(17)27/h5-7,14-15H,3-4,8-13H2,1-2H3,(H2,30,31). The van der Waals surface area contributed by atoms with Crippen LogP contribution >= 0.6 is 11.6 Å². The lowest BCUT2D eigenvalue weighted by atomic mass is 9.99. The van der Waals surface area contributed by atoms with E-state index in [9.17, 15) is 13.6 Å². The zero-order chi connectivity index (χ0) is 25.8. The maximum absolute atomic E-state index is 14.1. The number of ether oxygens (including phenoxy) is 1. The van der Waals surface area contributed by atoms with Gasteiger partial charge in [0.2, 0.25) is 11.7 Å². The molecule has 0 unspecified atom stereocenters. The zero-order valence-electron chi connectivity index (χ0n) is 20.3. The second-order valence-electron chi connectivity index (χ2n) is 9.01. The smallest absolute Gasteiger partial charge is 0.222 e. The monoisotopic (exact) mass is 518 g/mol. The van der Waals surface area contributed by atoms with E-state index in [2.05, 4.69) is 9.88 Å². The van der Waals surface area contributed by atoms with Gasteiger partial charge in [-0.05, 0) is 51.2 Å². The maximum atomic E-state index is 14.1. The molecule has 0 spiro atoms. The molecule has 2 N–H and O–H groups in total. The highest BCUT2D eigenvalue weighted by molar-refractivity contribution is 6.31. The lowest BCUT2D eigenvalue weighted by Gasteiger charge is -2.26. The number of pyridine rings is 1.